The van der Waals surface area contributed by atoms with Gasteiger partial charge in [0.15, 0.2) is 5.82 Å². The first-order valence-corrected chi connectivity index (χ1v) is 25.5. The Balaban J connectivity index is 0.773. The van der Waals surface area contributed by atoms with Gasteiger partial charge in [0.05, 0.1) is 29.1 Å². The third kappa shape index (κ3) is 9.35. The number of aromatic hydroxyl groups is 2. The molecule has 0 radical (unpaired) electrons. The Kier molecular flexibility index (Phi) is 13.8. The van der Waals surface area contributed by atoms with Crippen molar-refractivity contribution >= 4 is 46.8 Å². The van der Waals surface area contributed by atoms with Crippen LogP contribution in [0.3, 0.4) is 0 Å². The summed E-state index contributed by atoms with van der Waals surface area (Å²) in [6, 6.07) is 22.0. The number of rotatable bonds is 14. The monoisotopic (exact) mass is 1030 g/mol. The number of nitrogens with one attached hydrogen (secondary N) is 1. The molecule has 2 aromatic heterocycles. The second-order valence-electron chi connectivity index (χ2n) is 19.5. The predicted molar refractivity (Wildman–Crippen MR) is 279 cm³/mol. The van der Waals surface area contributed by atoms with Crippen LogP contribution in [-0.4, -0.2) is 133 Å². The van der Waals surface area contributed by atoms with Crippen molar-refractivity contribution in [3.63, 3.8) is 0 Å². The highest BCUT2D eigenvalue weighted by atomic mass is 16.6. The molecule has 4 aliphatic heterocycles. The molecule has 19 heteroatoms. The van der Waals surface area contributed by atoms with Crippen molar-refractivity contribution < 1.29 is 53.1 Å². The van der Waals surface area contributed by atoms with Crippen LogP contribution in [-0.2, 0) is 32.0 Å². The number of pyridine rings is 1. The third-order valence-corrected chi connectivity index (χ3v) is 14.5. The summed E-state index contributed by atoms with van der Waals surface area (Å²) < 4.78 is 24.6. The molecule has 2 fully saturated rings. The highest BCUT2D eigenvalue weighted by Crippen LogP contribution is 2.45. The molecule has 0 aliphatic carbocycles. The second kappa shape index (κ2) is 20.6. The van der Waals surface area contributed by atoms with E-state index in [0.717, 1.165) is 27.9 Å². The maximum Gasteiger partial charge on any atom is 0.415 e. The normalized spacial score (nSPS) is 17.8. The Labute approximate surface area is 438 Å². The quantitative estimate of drug-likeness (QED) is 0.0536. The lowest BCUT2D eigenvalue weighted by Gasteiger charge is -2.37. The molecule has 1 spiro atoms. The molecule has 19 nitrogen and oxygen atoms in total. The van der Waals surface area contributed by atoms with Gasteiger partial charge in [0.2, 0.25) is 11.4 Å². The van der Waals surface area contributed by atoms with E-state index >= 15 is 0 Å². The second-order valence-corrected chi connectivity index (χ2v) is 19.5. The average Bonchev–Trinajstić information content (AvgIpc) is 4.02. The van der Waals surface area contributed by atoms with Gasteiger partial charge >= 0.3 is 12.1 Å². The number of amides is 3. The third-order valence-electron chi connectivity index (χ3n) is 14.5. The van der Waals surface area contributed by atoms with Gasteiger partial charge in [-0.2, -0.15) is 0 Å². The van der Waals surface area contributed by atoms with E-state index < -0.39 is 23.6 Å². The number of hydrogen-bond donors (Lipinski definition) is 3. The average molecular weight is 1030 g/mol. The van der Waals surface area contributed by atoms with E-state index in [4.69, 9.17) is 23.9 Å². The van der Waals surface area contributed by atoms with Gasteiger partial charge in [-0.05, 0) is 129 Å². The number of carbonyl (C=O) groups excluding carboxylic acids is 5. The number of aromatic nitrogens is 4. The molecule has 6 heterocycles. The fourth-order valence-electron chi connectivity index (χ4n) is 10.4. The molecule has 4 aromatic carbocycles. The SMILES string of the molecule is CCNC(=O)c1nnc(-c2cc(C(C)C)c(O)cc2O)n1-c1ccc(Oc2ccc(C(=O)N3CCC(N(CC)C(=O)Oc4ccc5nc6c(c(CC)c5c4)CN(C)/C6=C\C4=C(C=O)COC(=O)C45CO5)CC3)cc2)cc1. The number of aryl methyl sites for hydroxylation is 1. The molecule has 6 aromatic rings. The van der Waals surface area contributed by atoms with Gasteiger partial charge in [0, 0.05) is 85.2 Å². The van der Waals surface area contributed by atoms with Crippen molar-refractivity contribution in [2.24, 2.45) is 0 Å². The molecule has 3 N–H and O–H groups in total. The number of phenols is 2. The topological polar surface area (TPSA) is 231 Å². The number of benzene rings is 4. The number of hydrogen-bond acceptors (Lipinski definition) is 15. The van der Waals surface area contributed by atoms with E-state index in [1.165, 1.54) is 10.6 Å². The van der Waals surface area contributed by atoms with Gasteiger partial charge in [-0.25, -0.2) is 14.6 Å². The van der Waals surface area contributed by atoms with E-state index in [1.54, 1.807) is 77.4 Å². The van der Waals surface area contributed by atoms with E-state index in [-0.39, 0.29) is 54.2 Å². The molecule has 2 saturated heterocycles. The number of ether oxygens (including phenoxy) is 4. The standard InChI is InChI=1S/C57H58N8O11/c1-7-40-42-24-39(18-19-46(42)59-50-44(40)28-62(6)47(50)26-45-34(29-66)30-73-55(71)57(45)31-74-57)76-56(72)64(9-3)35-20-22-63(23-21-35)54(70)33-10-14-37(15-11-33)75-38-16-12-36(13-17-38)65-51(60-61-52(65)53(69)58-8-2)43-25-41(32(4)5)48(67)27-49(43)68/h10-19,24-27,29,32,35,67-68H,7-9,20-23,28,30-31H2,1-6H3,(H,58,69)/b47-26-. The van der Waals surface area contributed by atoms with Crippen LogP contribution < -0.4 is 14.8 Å². The van der Waals surface area contributed by atoms with Crippen molar-refractivity contribution in [1.82, 2.24) is 39.8 Å². The van der Waals surface area contributed by atoms with Crippen molar-refractivity contribution in [3.8, 4) is 45.8 Å². The smallest absolute Gasteiger partial charge is 0.415 e. The van der Waals surface area contributed by atoms with Crippen molar-refractivity contribution in [2.45, 2.75) is 78.0 Å². The minimum atomic E-state index is -1.26. The Morgan fingerprint density at radius 3 is 2.28 bits per heavy atom. The summed E-state index contributed by atoms with van der Waals surface area (Å²) in [4.78, 5) is 76.1. The first-order valence-electron chi connectivity index (χ1n) is 25.5. The molecule has 392 valence electrons. The van der Waals surface area contributed by atoms with Crippen molar-refractivity contribution in [3.05, 3.63) is 130 Å². The molecule has 76 heavy (non-hydrogen) atoms. The number of fused-ring (bicyclic) bond motifs is 2. The zero-order chi connectivity index (χ0) is 53.6. The summed E-state index contributed by atoms with van der Waals surface area (Å²) in [5.74, 6) is 0.166. The predicted octanol–water partition coefficient (Wildman–Crippen LogP) is 7.85. The van der Waals surface area contributed by atoms with Gasteiger partial charge < -0.3 is 49.2 Å². The minimum Gasteiger partial charge on any atom is -0.508 e. The molecule has 10 rings (SSSR count). The molecule has 0 bridgehead atoms. The lowest BCUT2D eigenvalue weighted by molar-refractivity contribution is -0.148. The number of epoxide rings is 1. The van der Waals surface area contributed by atoms with E-state index in [9.17, 15) is 34.2 Å². The molecule has 1 atom stereocenters. The highest BCUT2D eigenvalue weighted by molar-refractivity contribution is 5.97. The molecular formula is C57H58N8O11. The first-order chi connectivity index (χ1) is 36.7. The summed E-state index contributed by atoms with van der Waals surface area (Å²) in [7, 11) is 1.94. The number of nitrogens with zero attached hydrogens (tertiary/aromatic N) is 7. The van der Waals surface area contributed by atoms with Gasteiger partial charge in [-0.15, -0.1) is 10.2 Å². The summed E-state index contributed by atoms with van der Waals surface area (Å²) in [5.41, 5.74) is 5.81. The summed E-state index contributed by atoms with van der Waals surface area (Å²) in [6.07, 6.45) is 3.89. The van der Waals surface area contributed by atoms with Crippen LogP contribution in [0.25, 0.3) is 33.7 Å². The number of cyclic esters (lactones) is 1. The van der Waals surface area contributed by atoms with Crippen LogP contribution in [0.2, 0.25) is 0 Å². The van der Waals surface area contributed by atoms with Crippen LogP contribution in [0, 0.1) is 0 Å². The molecular weight excluding hydrogens is 973 g/mol. The summed E-state index contributed by atoms with van der Waals surface area (Å²) in [5, 5.41) is 33.5. The Bertz CT molecular complexity index is 3370. The molecule has 1 unspecified atom stereocenters. The molecule has 3 amide bonds. The Hall–Kier alpha value is -8.58. The van der Waals surface area contributed by atoms with Gasteiger partial charge in [-0.1, -0.05) is 20.8 Å². The highest BCUT2D eigenvalue weighted by Gasteiger charge is 2.59. The minimum absolute atomic E-state index is 0.00791. The Morgan fingerprint density at radius 2 is 1.63 bits per heavy atom. The fraction of sp³-hybridized carbons (Fsp3) is 0.333. The van der Waals surface area contributed by atoms with Crippen LogP contribution in [0.4, 0.5) is 4.79 Å². The Morgan fingerprint density at radius 1 is 0.934 bits per heavy atom. The molecule has 0 saturated carbocycles. The maximum absolute atomic E-state index is 13.8. The van der Waals surface area contributed by atoms with E-state index in [1.807, 2.05) is 50.9 Å². The van der Waals surface area contributed by atoms with E-state index in [0.29, 0.717) is 115 Å². The maximum atomic E-state index is 13.8. The lowest BCUT2D eigenvalue weighted by Crippen LogP contribution is -2.49. The summed E-state index contributed by atoms with van der Waals surface area (Å²) >= 11 is 0. The number of likely N-dealkylation sites (tertiary alicyclic amines) is 1. The van der Waals surface area contributed by atoms with E-state index in [2.05, 4.69) is 22.4 Å². The van der Waals surface area contributed by atoms with Crippen LogP contribution >= 0.6 is 0 Å². The zero-order valence-corrected chi connectivity index (χ0v) is 43.1. The largest absolute Gasteiger partial charge is 0.508 e. The number of aldehydes is 1. The van der Waals surface area contributed by atoms with Crippen molar-refractivity contribution in [2.75, 3.05) is 46.4 Å². The fourth-order valence-corrected chi connectivity index (χ4v) is 10.4. The first kappa shape index (κ1) is 50.9. The summed E-state index contributed by atoms with van der Waals surface area (Å²) in [6.45, 7) is 11.9. The molecule has 4 aliphatic rings. The van der Waals surface area contributed by atoms with Crippen molar-refractivity contribution in [1.29, 1.82) is 0 Å². The lowest BCUT2D eigenvalue weighted by atomic mass is 9.91. The number of piperidine rings is 1. The van der Waals surface area contributed by atoms with Crippen LogP contribution in [0.1, 0.15) is 96.7 Å². The number of esters is 1. The van der Waals surface area contributed by atoms with Crippen LogP contribution in [0.5, 0.6) is 28.7 Å². The van der Waals surface area contributed by atoms with Crippen LogP contribution in [0.15, 0.2) is 96.1 Å². The number of carbonyl (C=O) groups is 5. The van der Waals surface area contributed by atoms with Gasteiger partial charge in [0.25, 0.3) is 11.8 Å². The van der Waals surface area contributed by atoms with Gasteiger partial charge in [0.1, 0.15) is 41.6 Å². The number of phenolic OH excluding ortho intramolecular Hbond substituents is 2. The van der Waals surface area contributed by atoms with Gasteiger partial charge in [-0.3, -0.25) is 19.0 Å². The zero-order valence-electron chi connectivity index (χ0n) is 43.1.